The molecule has 26 heavy (non-hydrogen) atoms. The molecule has 1 aromatic heterocycles. The molecule has 3 aromatic carbocycles. The van der Waals surface area contributed by atoms with E-state index in [1.54, 1.807) is 0 Å². The third kappa shape index (κ3) is 2.72. The molecule has 1 heterocycles. The molecule has 2 heteroatoms. The van der Waals surface area contributed by atoms with Crippen LogP contribution in [0, 0.1) is 5.92 Å². The largest absolute Gasteiger partial charge is 0.344 e. The van der Waals surface area contributed by atoms with Gasteiger partial charge in [-0.2, -0.15) is 0 Å². The van der Waals surface area contributed by atoms with E-state index in [0.29, 0.717) is 12.0 Å². The van der Waals surface area contributed by atoms with Gasteiger partial charge in [-0.3, -0.25) is 4.79 Å². The zero-order valence-corrected chi connectivity index (χ0v) is 15.4. The lowest BCUT2D eigenvalue weighted by molar-refractivity contribution is 0.104. The number of aromatic nitrogens is 1. The fraction of sp³-hybridized carbons (Fsp3) is 0.208. The minimum absolute atomic E-state index is 0.0849. The second-order valence-corrected chi connectivity index (χ2v) is 7.34. The van der Waals surface area contributed by atoms with Crippen LogP contribution in [0.5, 0.6) is 0 Å². The molecule has 0 aliphatic heterocycles. The van der Waals surface area contributed by atoms with Crippen molar-refractivity contribution in [2.75, 3.05) is 0 Å². The van der Waals surface area contributed by atoms with Crippen molar-refractivity contribution in [3.63, 3.8) is 0 Å². The van der Waals surface area contributed by atoms with Crippen LogP contribution >= 0.6 is 0 Å². The number of hydrogen-bond acceptors (Lipinski definition) is 1. The average Bonchev–Trinajstić information content (AvgIpc) is 3.06. The maximum atomic E-state index is 13.3. The van der Waals surface area contributed by atoms with Gasteiger partial charge in [0.25, 0.3) is 0 Å². The number of carbonyl (C=O) groups is 1. The van der Waals surface area contributed by atoms with Crippen LogP contribution in [0.2, 0.25) is 0 Å². The van der Waals surface area contributed by atoms with E-state index in [-0.39, 0.29) is 5.78 Å². The first-order valence-corrected chi connectivity index (χ1v) is 9.19. The van der Waals surface area contributed by atoms with Crippen LogP contribution in [0.3, 0.4) is 0 Å². The molecule has 0 aliphatic rings. The van der Waals surface area contributed by atoms with Crippen LogP contribution in [0.1, 0.15) is 42.7 Å². The van der Waals surface area contributed by atoms with Crippen LogP contribution < -0.4 is 0 Å². The van der Waals surface area contributed by atoms with Crippen molar-refractivity contribution in [1.82, 2.24) is 4.57 Å². The minimum atomic E-state index is 0.0849. The number of rotatable bonds is 4. The third-order valence-corrected chi connectivity index (χ3v) is 5.40. The lowest BCUT2D eigenvalue weighted by Crippen LogP contribution is -2.10. The van der Waals surface area contributed by atoms with Crippen LogP contribution in [0.15, 0.2) is 72.9 Å². The number of carbonyl (C=O) groups excluding carboxylic acids is 1. The molecule has 1 atom stereocenters. The number of benzene rings is 3. The Morgan fingerprint density at radius 3 is 2.31 bits per heavy atom. The fourth-order valence-electron chi connectivity index (χ4n) is 3.53. The Bertz CT molecular complexity index is 1100. The lowest BCUT2D eigenvalue weighted by atomic mass is 10.00. The minimum Gasteiger partial charge on any atom is -0.344 e. The highest BCUT2D eigenvalue weighted by Crippen LogP contribution is 2.30. The summed E-state index contributed by atoms with van der Waals surface area (Å²) in [5, 5.41) is 3.27. The Balaban J connectivity index is 1.86. The fourth-order valence-corrected chi connectivity index (χ4v) is 3.53. The van der Waals surface area contributed by atoms with Crippen LogP contribution in [0.25, 0.3) is 21.7 Å². The van der Waals surface area contributed by atoms with Gasteiger partial charge in [0.1, 0.15) is 0 Å². The number of ketones is 1. The van der Waals surface area contributed by atoms with E-state index in [1.165, 1.54) is 0 Å². The Hall–Kier alpha value is -2.87. The van der Waals surface area contributed by atoms with Crippen molar-refractivity contribution < 1.29 is 4.79 Å². The highest BCUT2D eigenvalue weighted by molar-refractivity contribution is 6.17. The quantitative estimate of drug-likeness (QED) is 0.403. The van der Waals surface area contributed by atoms with Crippen LogP contribution in [0.4, 0.5) is 0 Å². The summed E-state index contributed by atoms with van der Waals surface area (Å²) in [6.45, 7) is 6.63. The van der Waals surface area contributed by atoms with Gasteiger partial charge < -0.3 is 4.57 Å². The number of nitrogens with zero attached hydrogens (tertiary/aromatic N) is 1. The predicted octanol–water partition coefficient (Wildman–Crippen LogP) is 6.24. The summed E-state index contributed by atoms with van der Waals surface area (Å²) in [6, 6.07) is 22.6. The predicted molar refractivity (Wildman–Crippen MR) is 109 cm³/mol. The Morgan fingerprint density at radius 2 is 1.54 bits per heavy atom. The molecule has 4 rings (SSSR count). The molecule has 0 unspecified atom stereocenters. The summed E-state index contributed by atoms with van der Waals surface area (Å²) in [6.07, 6.45) is 2.03. The van der Waals surface area contributed by atoms with Crippen molar-refractivity contribution in [3.8, 4) is 0 Å². The molecule has 0 N–H and O–H groups in total. The van der Waals surface area contributed by atoms with Crippen LogP contribution in [-0.4, -0.2) is 10.4 Å². The standard InChI is InChI=1S/C24H23NO/c1-16(2)17(3)25-15-22(21-10-6-7-11-23(21)25)24(26)20-13-12-18-8-4-5-9-19(18)14-20/h4-17H,1-3H3/t17-/m0/s1. The van der Waals surface area contributed by atoms with Gasteiger partial charge in [0.15, 0.2) is 5.78 Å². The first-order valence-electron chi connectivity index (χ1n) is 9.19. The van der Waals surface area contributed by atoms with Crippen molar-refractivity contribution in [2.45, 2.75) is 26.8 Å². The van der Waals surface area contributed by atoms with Gasteiger partial charge in [-0.25, -0.2) is 0 Å². The molecule has 0 aliphatic carbocycles. The molecule has 130 valence electrons. The zero-order chi connectivity index (χ0) is 18.3. The van der Waals surface area contributed by atoms with Gasteiger partial charge in [0.2, 0.25) is 0 Å². The van der Waals surface area contributed by atoms with Gasteiger partial charge in [-0.1, -0.05) is 68.4 Å². The average molecular weight is 341 g/mol. The normalized spacial score (nSPS) is 12.8. The summed E-state index contributed by atoms with van der Waals surface area (Å²) in [5.74, 6) is 0.580. The molecule has 0 radical (unpaired) electrons. The van der Waals surface area contributed by atoms with E-state index in [2.05, 4.69) is 43.5 Å². The molecule has 2 nitrogen and oxygen atoms in total. The number of hydrogen-bond donors (Lipinski definition) is 0. The maximum absolute atomic E-state index is 13.3. The molecule has 0 saturated carbocycles. The molecule has 0 saturated heterocycles. The molecular weight excluding hydrogens is 318 g/mol. The maximum Gasteiger partial charge on any atom is 0.195 e. The smallest absolute Gasteiger partial charge is 0.195 e. The first kappa shape index (κ1) is 16.6. The molecule has 0 bridgehead atoms. The van der Waals surface area contributed by atoms with E-state index in [1.807, 2.05) is 54.7 Å². The summed E-state index contributed by atoms with van der Waals surface area (Å²) in [7, 11) is 0. The van der Waals surface area contributed by atoms with Crippen molar-refractivity contribution in [1.29, 1.82) is 0 Å². The van der Waals surface area contributed by atoms with Crippen molar-refractivity contribution in [3.05, 3.63) is 84.1 Å². The summed E-state index contributed by atoms with van der Waals surface area (Å²) in [5.41, 5.74) is 2.64. The summed E-state index contributed by atoms with van der Waals surface area (Å²) < 4.78 is 2.24. The Morgan fingerprint density at radius 1 is 0.846 bits per heavy atom. The van der Waals surface area contributed by atoms with Gasteiger partial charge in [-0.15, -0.1) is 0 Å². The van der Waals surface area contributed by atoms with Gasteiger partial charge in [0.05, 0.1) is 0 Å². The lowest BCUT2D eigenvalue weighted by Gasteiger charge is -2.18. The van der Waals surface area contributed by atoms with E-state index in [4.69, 9.17) is 0 Å². The van der Waals surface area contributed by atoms with Gasteiger partial charge in [0, 0.05) is 34.3 Å². The van der Waals surface area contributed by atoms with Crippen LogP contribution in [-0.2, 0) is 0 Å². The molecule has 0 amide bonds. The molecule has 0 fully saturated rings. The monoisotopic (exact) mass is 341 g/mol. The zero-order valence-electron chi connectivity index (χ0n) is 15.4. The van der Waals surface area contributed by atoms with E-state index in [0.717, 1.165) is 32.8 Å². The Kier molecular flexibility index (Phi) is 4.12. The summed E-state index contributed by atoms with van der Waals surface area (Å²) in [4.78, 5) is 13.3. The Labute approximate surface area is 154 Å². The SMILES string of the molecule is CC(C)[C@H](C)n1cc(C(=O)c2ccc3ccccc3c2)c2ccccc21. The highest BCUT2D eigenvalue weighted by atomic mass is 16.1. The summed E-state index contributed by atoms with van der Waals surface area (Å²) >= 11 is 0. The van der Waals surface area contributed by atoms with Crippen molar-refractivity contribution >= 4 is 27.5 Å². The van der Waals surface area contributed by atoms with E-state index in [9.17, 15) is 4.79 Å². The van der Waals surface area contributed by atoms with Gasteiger partial charge in [-0.05, 0) is 35.7 Å². The van der Waals surface area contributed by atoms with E-state index < -0.39 is 0 Å². The number of fused-ring (bicyclic) bond motifs is 2. The molecule has 4 aromatic rings. The highest BCUT2D eigenvalue weighted by Gasteiger charge is 2.20. The van der Waals surface area contributed by atoms with Crippen molar-refractivity contribution in [2.24, 2.45) is 5.92 Å². The molecular formula is C24H23NO. The van der Waals surface area contributed by atoms with E-state index >= 15 is 0 Å². The topological polar surface area (TPSA) is 22.0 Å². The first-order chi connectivity index (χ1) is 12.6. The second-order valence-electron chi connectivity index (χ2n) is 7.34. The second kappa shape index (κ2) is 6.45. The van der Waals surface area contributed by atoms with Gasteiger partial charge >= 0.3 is 0 Å². The number of para-hydroxylation sites is 1. The third-order valence-electron chi connectivity index (χ3n) is 5.40. The molecule has 0 spiro atoms.